The van der Waals surface area contributed by atoms with Gasteiger partial charge in [0.2, 0.25) is 0 Å². The third-order valence-corrected chi connectivity index (χ3v) is 4.78. The molecule has 0 bridgehead atoms. The van der Waals surface area contributed by atoms with Crippen LogP contribution in [0.3, 0.4) is 0 Å². The van der Waals surface area contributed by atoms with E-state index in [1.165, 1.54) is 81.9 Å². The van der Waals surface area contributed by atoms with Crippen molar-refractivity contribution in [2.24, 2.45) is 0 Å². The number of hydrogen-bond acceptors (Lipinski definition) is 0. The van der Waals surface area contributed by atoms with E-state index in [-0.39, 0.29) is 0 Å². The second kappa shape index (κ2) is 11.8. The zero-order valence-electron chi connectivity index (χ0n) is 14.5. The lowest BCUT2D eigenvalue weighted by Gasteiger charge is -2.44. The average Bonchev–Trinajstić information content (AvgIpc) is 2.44. The topological polar surface area (TPSA) is 0 Å². The van der Waals surface area contributed by atoms with Crippen LogP contribution in [0.5, 0.6) is 0 Å². The second-order valence-corrected chi connectivity index (χ2v) is 6.44. The van der Waals surface area contributed by atoms with Gasteiger partial charge in [-0.25, -0.2) is 0 Å². The molecule has 0 aliphatic heterocycles. The Morgan fingerprint density at radius 2 is 1.00 bits per heavy atom. The molecule has 0 aromatic rings. The van der Waals surface area contributed by atoms with Crippen LogP contribution in [0.25, 0.3) is 0 Å². The molecule has 0 N–H and O–H groups in total. The smallest absolute Gasteiger partial charge is 0.0861 e. The van der Waals surface area contributed by atoms with Gasteiger partial charge in [-0.1, -0.05) is 53.4 Å². The van der Waals surface area contributed by atoms with Crippen molar-refractivity contribution >= 4 is 0 Å². The van der Waals surface area contributed by atoms with E-state index < -0.39 is 0 Å². The Morgan fingerprint density at radius 1 is 0.632 bits per heavy atom. The van der Waals surface area contributed by atoms with Crippen LogP contribution in [0.1, 0.15) is 92.4 Å². The highest BCUT2D eigenvalue weighted by Gasteiger charge is 2.31. The van der Waals surface area contributed by atoms with Gasteiger partial charge in [0.05, 0.1) is 25.7 Å². The van der Waals surface area contributed by atoms with Crippen molar-refractivity contribution in [1.29, 1.82) is 0 Å². The zero-order valence-corrected chi connectivity index (χ0v) is 14.5. The number of unbranched alkanes of at least 4 members (excludes halogenated alkanes) is 4. The van der Waals surface area contributed by atoms with Crippen LogP contribution in [0.2, 0.25) is 0 Å². The first-order chi connectivity index (χ1) is 9.16. The number of hydrogen-bond donors (Lipinski definition) is 0. The minimum absolute atomic E-state index is 0.865. The Labute approximate surface area is 123 Å². The van der Waals surface area contributed by atoms with Crippen molar-refractivity contribution in [3.63, 3.8) is 0 Å². The van der Waals surface area contributed by atoms with Gasteiger partial charge < -0.3 is 4.48 Å². The molecule has 0 aliphatic rings. The monoisotopic (exact) mass is 270 g/mol. The first-order valence-corrected chi connectivity index (χ1v) is 9.02. The molecule has 0 saturated carbocycles. The van der Waals surface area contributed by atoms with Gasteiger partial charge >= 0.3 is 0 Å². The van der Waals surface area contributed by atoms with Crippen molar-refractivity contribution < 1.29 is 4.48 Å². The highest BCUT2D eigenvalue weighted by molar-refractivity contribution is 4.58. The molecular weight excluding hydrogens is 230 g/mol. The fraction of sp³-hybridized carbons (Fsp3) is 1.00. The molecule has 0 aliphatic carbocycles. The Hall–Kier alpha value is -0.0400. The molecule has 1 heteroatoms. The highest BCUT2D eigenvalue weighted by Crippen LogP contribution is 2.23. The molecule has 19 heavy (non-hydrogen) atoms. The van der Waals surface area contributed by atoms with Gasteiger partial charge in [-0.3, -0.25) is 0 Å². The van der Waals surface area contributed by atoms with Crippen molar-refractivity contribution in [2.75, 3.05) is 19.6 Å². The van der Waals surface area contributed by atoms with E-state index in [1.807, 2.05) is 0 Å². The standard InChI is InChI=1S/C18H40N/c1-6-10-14-18(5)19(15-11-7-2,16-12-8-3)17-13-9-4/h18H,6-17H2,1-5H3/q+1. The molecular formula is C18H40N+. The molecule has 0 saturated heterocycles. The van der Waals surface area contributed by atoms with Gasteiger partial charge in [-0.15, -0.1) is 0 Å². The largest absolute Gasteiger partial charge is 0.321 e. The second-order valence-electron chi connectivity index (χ2n) is 6.44. The quantitative estimate of drug-likeness (QED) is 0.372. The highest BCUT2D eigenvalue weighted by atomic mass is 15.4. The first kappa shape index (κ1) is 19.0. The van der Waals surface area contributed by atoms with Crippen molar-refractivity contribution in [2.45, 2.75) is 98.4 Å². The lowest BCUT2D eigenvalue weighted by atomic mass is 10.0. The van der Waals surface area contributed by atoms with E-state index in [1.54, 1.807) is 0 Å². The molecule has 0 fully saturated rings. The summed E-state index contributed by atoms with van der Waals surface area (Å²) in [6.07, 6.45) is 12.4. The normalized spacial score (nSPS) is 13.7. The number of rotatable bonds is 13. The molecule has 0 spiro atoms. The predicted octanol–water partition coefficient (Wildman–Crippen LogP) is 5.78. The minimum Gasteiger partial charge on any atom is -0.321 e. The van der Waals surface area contributed by atoms with Crippen LogP contribution < -0.4 is 0 Å². The third kappa shape index (κ3) is 7.34. The molecule has 0 rings (SSSR count). The maximum atomic E-state index is 2.52. The molecule has 0 aromatic heterocycles. The summed E-state index contributed by atoms with van der Waals surface area (Å²) in [6, 6.07) is 0.865. The lowest BCUT2D eigenvalue weighted by Crippen LogP contribution is -2.56. The summed E-state index contributed by atoms with van der Waals surface area (Å²) in [5.41, 5.74) is 0. The Morgan fingerprint density at radius 3 is 1.32 bits per heavy atom. The van der Waals surface area contributed by atoms with Crippen LogP contribution in [0.15, 0.2) is 0 Å². The maximum absolute atomic E-state index is 2.52. The van der Waals surface area contributed by atoms with Crippen LogP contribution >= 0.6 is 0 Å². The van der Waals surface area contributed by atoms with Crippen molar-refractivity contribution in [3.05, 3.63) is 0 Å². The number of quaternary nitrogens is 1. The van der Waals surface area contributed by atoms with E-state index in [0.29, 0.717) is 0 Å². The van der Waals surface area contributed by atoms with Crippen LogP contribution in [0.4, 0.5) is 0 Å². The van der Waals surface area contributed by atoms with Gasteiger partial charge in [0.15, 0.2) is 0 Å². The Balaban J connectivity index is 4.73. The summed E-state index contributed by atoms with van der Waals surface area (Å²) in [7, 11) is 0. The predicted molar refractivity (Wildman–Crippen MR) is 88.6 cm³/mol. The summed E-state index contributed by atoms with van der Waals surface area (Å²) >= 11 is 0. The van der Waals surface area contributed by atoms with Gasteiger partial charge in [-0.2, -0.15) is 0 Å². The molecule has 0 amide bonds. The molecule has 0 radical (unpaired) electrons. The first-order valence-electron chi connectivity index (χ1n) is 9.02. The fourth-order valence-electron chi connectivity index (χ4n) is 3.19. The van der Waals surface area contributed by atoms with E-state index in [9.17, 15) is 0 Å². The SMILES string of the molecule is CCCCC(C)[N+](CCCC)(CCCC)CCCC. The van der Waals surface area contributed by atoms with E-state index in [4.69, 9.17) is 0 Å². The van der Waals surface area contributed by atoms with Gasteiger partial charge in [-0.05, 0) is 39.0 Å². The molecule has 1 unspecified atom stereocenters. The van der Waals surface area contributed by atoms with Gasteiger partial charge in [0.1, 0.15) is 0 Å². The van der Waals surface area contributed by atoms with Crippen LogP contribution in [-0.4, -0.2) is 30.2 Å². The average molecular weight is 271 g/mol. The van der Waals surface area contributed by atoms with Crippen LogP contribution in [-0.2, 0) is 0 Å². The number of nitrogens with zero attached hydrogens (tertiary/aromatic N) is 1. The summed E-state index contributed by atoms with van der Waals surface area (Å²) in [4.78, 5) is 0. The lowest BCUT2D eigenvalue weighted by molar-refractivity contribution is -0.950. The van der Waals surface area contributed by atoms with Gasteiger partial charge in [0.25, 0.3) is 0 Å². The van der Waals surface area contributed by atoms with Crippen molar-refractivity contribution in [1.82, 2.24) is 0 Å². The molecule has 1 atom stereocenters. The molecule has 0 aromatic carbocycles. The fourth-order valence-corrected chi connectivity index (χ4v) is 3.19. The summed E-state index contributed by atoms with van der Waals surface area (Å²) < 4.78 is 1.41. The molecule has 116 valence electrons. The van der Waals surface area contributed by atoms with Gasteiger partial charge in [0, 0.05) is 0 Å². The van der Waals surface area contributed by atoms with E-state index in [0.717, 1.165) is 6.04 Å². The Bertz CT molecular complexity index is 166. The Kier molecular flexibility index (Phi) is 11.7. The maximum Gasteiger partial charge on any atom is 0.0861 e. The summed E-state index contributed by atoms with van der Waals surface area (Å²) in [5, 5.41) is 0. The summed E-state index contributed by atoms with van der Waals surface area (Å²) in [5.74, 6) is 0. The zero-order chi connectivity index (χ0) is 14.6. The molecule has 1 nitrogen and oxygen atoms in total. The molecule has 0 heterocycles. The minimum atomic E-state index is 0.865. The van der Waals surface area contributed by atoms with E-state index >= 15 is 0 Å². The summed E-state index contributed by atoms with van der Waals surface area (Å²) in [6.45, 7) is 16.1. The van der Waals surface area contributed by atoms with Crippen LogP contribution in [0, 0.1) is 0 Å². The third-order valence-electron chi connectivity index (χ3n) is 4.78. The van der Waals surface area contributed by atoms with Crippen molar-refractivity contribution in [3.8, 4) is 0 Å². The van der Waals surface area contributed by atoms with E-state index in [2.05, 4.69) is 34.6 Å².